The fourth-order valence-electron chi connectivity index (χ4n) is 3.11. The van der Waals surface area contributed by atoms with Crippen LogP contribution < -0.4 is 19.9 Å². The van der Waals surface area contributed by atoms with Gasteiger partial charge in [0.15, 0.2) is 0 Å². The van der Waals surface area contributed by atoms with Crippen LogP contribution in [0.3, 0.4) is 0 Å². The van der Waals surface area contributed by atoms with E-state index in [9.17, 15) is 14.9 Å². The Hall–Kier alpha value is -3.13. The van der Waals surface area contributed by atoms with E-state index in [1.54, 1.807) is 43.5 Å². The van der Waals surface area contributed by atoms with Gasteiger partial charge in [0.05, 0.1) is 45.3 Å². The molecule has 2 aromatic carbocycles. The molecule has 0 aromatic heterocycles. The first kappa shape index (κ1) is 18.7. The minimum absolute atomic E-state index is 0.0483. The molecule has 3 rings (SSSR count). The topological polar surface area (TPSA) is 89.2 Å². The monoisotopic (exact) mass is 371 g/mol. The summed E-state index contributed by atoms with van der Waals surface area (Å²) in [6, 6.07) is 11.6. The van der Waals surface area contributed by atoms with E-state index in [0.717, 1.165) is 26.2 Å². The van der Waals surface area contributed by atoms with Gasteiger partial charge in [-0.1, -0.05) is 6.07 Å². The molecule has 27 heavy (non-hydrogen) atoms. The summed E-state index contributed by atoms with van der Waals surface area (Å²) in [5.74, 6) is 0.215. The number of nitro groups is 1. The van der Waals surface area contributed by atoms with Gasteiger partial charge in [0.1, 0.15) is 11.4 Å². The van der Waals surface area contributed by atoms with Crippen LogP contribution in [0.4, 0.5) is 17.1 Å². The summed E-state index contributed by atoms with van der Waals surface area (Å²) in [4.78, 5) is 27.1. The normalized spacial score (nSPS) is 14.7. The number of piperazine rings is 1. The number of ether oxygens (including phenoxy) is 1. The standard InChI is InChI=1S/C19H22N4O4/c1-21-8-10-22(11-9-21)17-7-6-14(12-18(17)23(25)26)19(24)20-15-4-3-5-16(13-15)27-2/h3-7,12-13H,8-11H2,1-2H3,(H,20,24)/p+1. The van der Waals surface area contributed by atoms with Crippen LogP contribution in [0.5, 0.6) is 5.75 Å². The molecule has 1 amide bonds. The maximum Gasteiger partial charge on any atom is 0.293 e. The molecule has 0 bridgehead atoms. The molecule has 1 aliphatic rings. The molecule has 8 nitrogen and oxygen atoms in total. The average molecular weight is 371 g/mol. The SMILES string of the molecule is COc1cccc(NC(=O)c2ccc(N3CC[NH+](C)CC3)c([N+](=O)[O-])c2)c1. The van der Waals surface area contributed by atoms with Crippen LogP contribution >= 0.6 is 0 Å². The van der Waals surface area contributed by atoms with Crippen LogP contribution in [0.1, 0.15) is 10.4 Å². The highest BCUT2D eigenvalue weighted by Crippen LogP contribution is 2.29. The maximum atomic E-state index is 12.5. The Morgan fingerprint density at radius 2 is 1.96 bits per heavy atom. The summed E-state index contributed by atoms with van der Waals surface area (Å²) in [6.07, 6.45) is 0. The van der Waals surface area contributed by atoms with Crippen molar-refractivity contribution in [3.05, 3.63) is 58.1 Å². The third-order valence-electron chi connectivity index (χ3n) is 4.72. The van der Waals surface area contributed by atoms with Crippen molar-refractivity contribution in [2.45, 2.75) is 0 Å². The summed E-state index contributed by atoms with van der Waals surface area (Å²) >= 11 is 0. The summed E-state index contributed by atoms with van der Waals surface area (Å²) in [7, 11) is 3.65. The number of benzene rings is 2. The minimum Gasteiger partial charge on any atom is -0.497 e. The molecule has 0 saturated carbocycles. The molecule has 8 heteroatoms. The Kier molecular flexibility index (Phi) is 5.56. The smallest absolute Gasteiger partial charge is 0.293 e. The van der Waals surface area contributed by atoms with Crippen LogP contribution in [-0.2, 0) is 0 Å². The van der Waals surface area contributed by atoms with Gasteiger partial charge in [-0.3, -0.25) is 14.9 Å². The molecule has 0 atom stereocenters. The zero-order valence-corrected chi connectivity index (χ0v) is 15.4. The van der Waals surface area contributed by atoms with Gasteiger partial charge in [-0.05, 0) is 24.3 Å². The number of likely N-dealkylation sites (N-methyl/N-ethyl adjacent to an activating group) is 1. The number of hydrogen-bond acceptors (Lipinski definition) is 5. The lowest BCUT2D eigenvalue weighted by Crippen LogP contribution is -3.12. The molecule has 1 heterocycles. The molecule has 0 aliphatic carbocycles. The number of nitro benzene ring substituents is 1. The van der Waals surface area contributed by atoms with Crippen molar-refractivity contribution in [3.8, 4) is 5.75 Å². The van der Waals surface area contributed by atoms with Crippen molar-refractivity contribution < 1.29 is 19.4 Å². The molecular weight excluding hydrogens is 348 g/mol. The van der Waals surface area contributed by atoms with Crippen LogP contribution in [-0.4, -0.2) is 51.2 Å². The first-order valence-corrected chi connectivity index (χ1v) is 8.78. The number of carbonyl (C=O) groups excluding carboxylic acids is 1. The lowest BCUT2D eigenvalue weighted by atomic mass is 10.1. The van der Waals surface area contributed by atoms with Crippen molar-refractivity contribution in [2.75, 3.05) is 50.6 Å². The molecule has 2 N–H and O–H groups in total. The molecule has 2 aromatic rings. The fraction of sp³-hybridized carbons (Fsp3) is 0.316. The van der Waals surface area contributed by atoms with Gasteiger partial charge in [-0.2, -0.15) is 0 Å². The zero-order chi connectivity index (χ0) is 19.4. The van der Waals surface area contributed by atoms with Crippen LogP contribution in [0.2, 0.25) is 0 Å². The first-order chi connectivity index (χ1) is 13.0. The third-order valence-corrected chi connectivity index (χ3v) is 4.72. The minimum atomic E-state index is -0.428. The van der Waals surface area contributed by atoms with Crippen molar-refractivity contribution in [3.63, 3.8) is 0 Å². The second kappa shape index (κ2) is 8.05. The highest BCUT2D eigenvalue weighted by Gasteiger charge is 2.25. The summed E-state index contributed by atoms with van der Waals surface area (Å²) in [5, 5.41) is 14.3. The molecule has 1 fully saturated rings. The van der Waals surface area contributed by atoms with Gasteiger partial charge in [-0.15, -0.1) is 0 Å². The number of nitrogens with zero attached hydrogens (tertiary/aromatic N) is 2. The third kappa shape index (κ3) is 4.35. The predicted octanol–water partition coefficient (Wildman–Crippen LogP) is 1.19. The van der Waals surface area contributed by atoms with Crippen LogP contribution in [0.15, 0.2) is 42.5 Å². The van der Waals surface area contributed by atoms with E-state index in [1.807, 2.05) is 4.90 Å². The quantitative estimate of drug-likeness (QED) is 0.609. The molecule has 142 valence electrons. The lowest BCUT2D eigenvalue weighted by Gasteiger charge is -2.31. The van der Waals surface area contributed by atoms with Crippen molar-refractivity contribution >= 4 is 23.0 Å². The van der Waals surface area contributed by atoms with Crippen molar-refractivity contribution in [1.29, 1.82) is 0 Å². The summed E-state index contributed by atoms with van der Waals surface area (Å²) < 4.78 is 5.14. The number of quaternary nitrogens is 1. The Morgan fingerprint density at radius 1 is 1.22 bits per heavy atom. The van der Waals surface area contributed by atoms with E-state index in [2.05, 4.69) is 12.4 Å². The van der Waals surface area contributed by atoms with Gasteiger partial charge >= 0.3 is 0 Å². The Labute approximate surface area is 157 Å². The lowest BCUT2D eigenvalue weighted by molar-refractivity contribution is -0.880. The molecule has 0 unspecified atom stereocenters. The fourth-order valence-corrected chi connectivity index (χ4v) is 3.11. The van der Waals surface area contributed by atoms with Crippen LogP contribution in [0.25, 0.3) is 0 Å². The highest BCUT2D eigenvalue weighted by molar-refractivity contribution is 6.05. The van der Waals surface area contributed by atoms with Gasteiger partial charge < -0.3 is 19.9 Å². The number of nitrogens with one attached hydrogen (secondary N) is 2. The molecule has 0 radical (unpaired) electrons. The Morgan fingerprint density at radius 3 is 2.63 bits per heavy atom. The van der Waals surface area contributed by atoms with E-state index in [-0.39, 0.29) is 11.3 Å². The largest absolute Gasteiger partial charge is 0.497 e. The Balaban J connectivity index is 1.82. The average Bonchev–Trinajstić information content (AvgIpc) is 2.68. The Bertz CT molecular complexity index is 847. The van der Waals surface area contributed by atoms with Crippen molar-refractivity contribution in [1.82, 2.24) is 0 Å². The summed E-state index contributed by atoms with van der Waals surface area (Å²) in [5.41, 5.74) is 1.32. The summed E-state index contributed by atoms with van der Waals surface area (Å²) in [6.45, 7) is 3.36. The van der Waals surface area contributed by atoms with Gasteiger partial charge in [0, 0.05) is 23.4 Å². The number of hydrogen-bond donors (Lipinski definition) is 2. The number of methoxy groups -OCH3 is 1. The number of amides is 1. The highest BCUT2D eigenvalue weighted by atomic mass is 16.6. The first-order valence-electron chi connectivity index (χ1n) is 8.78. The van der Waals surface area contributed by atoms with E-state index in [1.165, 1.54) is 11.0 Å². The van der Waals surface area contributed by atoms with Gasteiger partial charge in [-0.25, -0.2) is 0 Å². The van der Waals surface area contributed by atoms with Crippen molar-refractivity contribution in [2.24, 2.45) is 0 Å². The van der Waals surface area contributed by atoms with E-state index < -0.39 is 10.8 Å². The van der Waals surface area contributed by atoms with Gasteiger partial charge in [0.2, 0.25) is 0 Å². The molecule has 1 aliphatic heterocycles. The van der Waals surface area contributed by atoms with E-state index >= 15 is 0 Å². The van der Waals surface area contributed by atoms with E-state index in [4.69, 9.17) is 4.74 Å². The predicted molar refractivity (Wildman–Crippen MR) is 103 cm³/mol. The zero-order valence-electron chi connectivity index (χ0n) is 15.4. The number of carbonyl (C=O) groups is 1. The number of anilines is 2. The molecule has 0 spiro atoms. The van der Waals surface area contributed by atoms with Gasteiger partial charge in [0.25, 0.3) is 11.6 Å². The van der Waals surface area contributed by atoms with E-state index in [0.29, 0.717) is 17.1 Å². The second-order valence-corrected chi connectivity index (χ2v) is 6.59. The maximum absolute atomic E-state index is 12.5. The second-order valence-electron chi connectivity index (χ2n) is 6.59. The van der Waals surface area contributed by atoms with Crippen LogP contribution in [0, 0.1) is 10.1 Å². The number of rotatable bonds is 5. The molecular formula is C19H23N4O4+. The molecule has 1 saturated heterocycles.